The first-order chi connectivity index (χ1) is 15.6. The predicted molar refractivity (Wildman–Crippen MR) is 124 cm³/mol. The molecule has 1 fully saturated rings. The molecule has 1 N–H and O–H groups in total. The number of likely N-dealkylation sites (N-methyl/N-ethyl adjacent to an activating group) is 1. The van der Waals surface area contributed by atoms with Crippen molar-refractivity contribution in [2.24, 2.45) is 0 Å². The van der Waals surface area contributed by atoms with Crippen molar-refractivity contribution in [3.05, 3.63) is 46.8 Å². The number of aromatic nitrogens is 4. The van der Waals surface area contributed by atoms with E-state index < -0.39 is 5.82 Å². The third-order valence-corrected chi connectivity index (χ3v) is 7.08. The van der Waals surface area contributed by atoms with Gasteiger partial charge in [-0.25, -0.2) is 24.3 Å². The molecule has 0 bridgehead atoms. The summed E-state index contributed by atoms with van der Waals surface area (Å²) in [6.45, 7) is 6.30. The normalized spacial score (nSPS) is 14.8. The Bertz CT molecular complexity index is 1270. The lowest BCUT2D eigenvalue weighted by Gasteiger charge is -2.33. The molecule has 8 nitrogen and oxygen atoms in total. The van der Waals surface area contributed by atoms with Crippen molar-refractivity contribution in [2.45, 2.75) is 6.92 Å². The second-order valence-electron chi connectivity index (χ2n) is 7.31. The van der Waals surface area contributed by atoms with Gasteiger partial charge in [-0.2, -0.15) is 0 Å². The number of carbonyl (C=O) groups excluding carboxylic acids is 1. The highest BCUT2D eigenvalue weighted by Crippen LogP contribution is 2.28. The highest BCUT2D eigenvalue weighted by molar-refractivity contribution is 7.17. The van der Waals surface area contributed by atoms with Crippen LogP contribution in [-0.2, 0) is 0 Å². The minimum atomic E-state index is -0.513. The first-order valence-electron chi connectivity index (χ1n) is 10.2. The number of piperazine rings is 1. The molecule has 0 atom stereocenters. The molecule has 1 aliphatic rings. The number of amides is 1. The molecular weight excluding hydrogens is 449 g/mol. The lowest BCUT2D eigenvalue weighted by atomic mass is 10.1. The fourth-order valence-corrected chi connectivity index (χ4v) is 5.08. The molecule has 0 radical (unpaired) electrons. The molecule has 32 heavy (non-hydrogen) atoms. The van der Waals surface area contributed by atoms with Gasteiger partial charge in [0.05, 0.1) is 28.1 Å². The Morgan fingerprint density at radius 3 is 2.81 bits per heavy atom. The molecule has 3 aromatic heterocycles. The number of benzene rings is 1. The van der Waals surface area contributed by atoms with E-state index in [4.69, 9.17) is 0 Å². The van der Waals surface area contributed by atoms with Crippen molar-refractivity contribution >= 4 is 49.9 Å². The molecular formula is C21H20FN7OS2. The van der Waals surface area contributed by atoms with Crippen LogP contribution in [-0.4, -0.2) is 68.4 Å². The van der Waals surface area contributed by atoms with Gasteiger partial charge < -0.3 is 15.1 Å². The number of rotatable bonds is 5. The fraction of sp³-hybridized carbons (Fsp3) is 0.286. The Balaban J connectivity index is 1.32. The second-order valence-corrected chi connectivity index (χ2v) is 9.22. The van der Waals surface area contributed by atoms with Gasteiger partial charge in [0.2, 0.25) is 5.95 Å². The number of thiazole rings is 2. The molecule has 1 aliphatic heterocycles. The molecule has 1 amide bonds. The Morgan fingerprint density at radius 1 is 1.16 bits per heavy atom. The van der Waals surface area contributed by atoms with Gasteiger partial charge in [-0.3, -0.25) is 4.79 Å². The average Bonchev–Trinajstić information content (AvgIpc) is 3.49. The smallest absolute Gasteiger partial charge is 0.265 e. The van der Waals surface area contributed by atoms with Gasteiger partial charge in [-0.05, 0) is 18.7 Å². The molecule has 1 saturated heterocycles. The first kappa shape index (κ1) is 20.9. The summed E-state index contributed by atoms with van der Waals surface area (Å²) >= 11 is 2.73. The number of anilines is 2. The minimum absolute atomic E-state index is 0.0233. The van der Waals surface area contributed by atoms with Gasteiger partial charge in [-0.15, -0.1) is 11.3 Å². The Kier molecular flexibility index (Phi) is 5.77. The summed E-state index contributed by atoms with van der Waals surface area (Å²) in [4.78, 5) is 34.4. The molecule has 164 valence electrons. The summed E-state index contributed by atoms with van der Waals surface area (Å²) in [5.41, 5.74) is 3.45. The highest BCUT2D eigenvalue weighted by Gasteiger charge is 2.23. The van der Waals surface area contributed by atoms with Gasteiger partial charge in [0.25, 0.3) is 5.91 Å². The van der Waals surface area contributed by atoms with E-state index in [1.54, 1.807) is 17.8 Å². The van der Waals surface area contributed by atoms with Crippen LogP contribution in [0.1, 0.15) is 16.6 Å². The van der Waals surface area contributed by atoms with Crippen molar-refractivity contribution in [1.82, 2.24) is 29.7 Å². The SMILES string of the molecule is CCN1CCN(C(=O)c2cnc(Nc3ncc(F)c(-c4ccc5ncsc5c4)n3)s2)CC1. The highest BCUT2D eigenvalue weighted by atomic mass is 32.1. The van der Waals surface area contributed by atoms with E-state index in [-0.39, 0.29) is 17.5 Å². The molecule has 5 rings (SSSR count). The Labute approximate surface area is 191 Å². The third kappa shape index (κ3) is 4.18. The summed E-state index contributed by atoms with van der Waals surface area (Å²) in [6, 6.07) is 5.49. The average molecular weight is 470 g/mol. The third-order valence-electron chi connectivity index (χ3n) is 5.39. The lowest BCUT2D eigenvalue weighted by Crippen LogP contribution is -2.48. The topological polar surface area (TPSA) is 87.1 Å². The maximum Gasteiger partial charge on any atom is 0.265 e. The van der Waals surface area contributed by atoms with Crippen LogP contribution in [0.4, 0.5) is 15.5 Å². The minimum Gasteiger partial charge on any atom is -0.335 e. The van der Waals surface area contributed by atoms with Crippen molar-refractivity contribution in [3.8, 4) is 11.3 Å². The van der Waals surface area contributed by atoms with Gasteiger partial charge in [-0.1, -0.05) is 24.3 Å². The van der Waals surface area contributed by atoms with Crippen molar-refractivity contribution in [1.29, 1.82) is 0 Å². The van der Waals surface area contributed by atoms with E-state index in [2.05, 4.69) is 37.1 Å². The predicted octanol–water partition coefficient (Wildman–Crippen LogP) is 3.87. The maximum absolute atomic E-state index is 14.5. The van der Waals surface area contributed by atoms with Crippen LogP contribution in [0.25, 0.3) is 21.5 Å². The number of hydrogen-bond donors (Lipinski definition) is 1. The van der Waals surface area contributed by atoms with E-state index in [1.165, 1.54) is 22.7 Å². The molecule has 4 aromatic rings. The standard InChI is InChI=1S/C21H20FN7OS2/c1-2-28-5-7-29(8-6-28)19(30)17-11-24-21(32-17)27-20-23-10-14(22)18(26-20)13-3-4-15-16(9-13)31-12-25-15/h3-4,9-12H,2,5-8H2,1H3,(H,23,24,26,27). The van der Waals surface area contributed by atoms with E-state index in [0.29, 0.717) is 28.7 Å². The van der Waals surface area contributed by atoms with Crippen molar-refractivity contribution in [2.75, 3.05) is 38.0 Å². The zero-order valence-corrected chi connectivity index (χ0v) is 18.9. The molecule has 0 aliphatic carbocycles. The number of fused-ring (bicyclic) bond motifs is 1. The van der Waals surface area contributed by atoms with Crippen LogP contribution in [0.5, 0.6) is 0 Å². The summed E-state index contributed by atoms with van der Waals surface area (Å²) in [7, 11) is 0. The molecule has 11 heteroatoms. The van der Waals surface area contributed by atoms with Gasteiger partial charge in [0, 0.05) is 31.7 Å². The molecule has 0 saturated carbocycles. The Hall–Kier alpha value is -3.02. The van der Waals surface area contributed by atoms with Crippen LogP contribution in [0.3, 0.4) is 0 Å². The molecule has 0 spiro atoms. The summed E-state index contributed by atoms with van der Waals surface area (Å²) in [6.07, 6.45) is 2.69. The molecule has 4 heterocycles. The molecule has 1 aromatic carbocycles. The summed E-state index contributed by atoms with van der Waals surface area (Å²) < 4.78 is 15.4. The van der Waals surface area contributed by atoms with Crippen molar-refractivity contribution in [3.63, 3.8) is 0 Å². The van der Waals surface area contributed by atoms with Crippen LogP contribution in [0.2, 0.25) is 0 Å². The van der Waals surface area contributed by atoms with Gasteiger partial charge in [0.1, 0.15) is 10.6 Å². The zero-order chi connectivity index (χ0) is 22.1. The summed E-state index contributed by atoms with van der Waals surface area (Å²) in [5, 5.41) is 3.48. The molecule has 0 unspecified atom stereocenters. The number of nitrogens with one attached hydrogen (secondary N) is 1. The largest absolute Gasteiger partial charge is 0.335 e. The maximum atomic E-state index is 14.5. The fourth-order valence-electron chi connectivity index (χ4n) is 3.58. The van der Waals surface area contributed by atoms with Gasteiger partial charge in [0.15, 0.2) is 10.9 Å². The van der Waals surface area contributed by atoms with Crippen LogP contribution in [0.15, 0.2) is 36.1 Å². The van der Waals surface area contributed by atoms with E-state index >= 15 is 0 Å². The zero-order valence-electron chi connectivity index (χ0n) is 17.3. The summed E-state index contributed by atoms with van der Waals surface area (Å²) in [5.74, 6) is -0.318. The number of nitrogens with zero attached hydrogens (tertiary/aromatic N) is 6. The van der Waals surface area contributed by atoms with Crippen LogP contribution < -0.4 is 5.32 Å². The monoisotopic (exact) mass is 469 g/mol. The quantitative estimate of drug-likeness (QED) is 0.475. The lowest BCUT2D eigenvalue weighted by molar-refractivity contribution is 0.0648. The first-order valence-corrected chi connectivity index (χ1v) is 11.9. The van der Waals surface area contributed by atoms with Crippen molar-refractivity contribution < 1.29 is 9.18 Å². The van der Waals surface area contributed by atoms with E-state index in [9.17, 15) is 9.18 Å². The Morgan fingerprint density at radius 2 is 2.00 bits per heavy atom. The number of carbonyl (C=O) groups is 1. The van der Waals surface area contributed by atoms with Gasteiger partial charge >= 0.3 is 0 Å². The second kappa shape index (κ2) is 8.85. The number of halogens is 1. The van der Waals surface area contributed by atoms with Crippen LogP contribution >= 0.6 is 22.7 Å². The van der Waals surface area contributed by atoms with Crippen LogP contribution in [0, 0.1) is 5.82 Å². The number of hydrogen-bond acceptors (Lipinski definition) is 9. The van der Waals surface area contributed by atoms with E-state index in [1.807, 2.05) is 17.0 Å². The van der Waals surface area contributed by atoms with E-state index in [0.717, 1.165) is 36.0 Å².